The van der Waals surface area contributed by atoms with E-state index in [4.69, 9.17) is 0 Å². The van der Waals surface area contributed by atoms with Crippen molar-refractivity contribution in [2.45, 2.75) is 24.9 Å². The third-order valence-corrected chi connectivity index (χ3v) is 4.35. The lowest BCUT2D eigenvalue weighted by atomic mass is 9.98. The summed E-state index contributed by atoms with van der Waals surface area (Å²) in [5, 5.41) is 3.39. The van der Waals surface area contributed by atoms with Gasteiger partial charge in [-0.05, 0) is 58.7 Å². The average Bonchev–Trinajstić information content (AvgIpc) is 2.60. The van der Waals surface area contributed by atoms with E-state index in [0.717, 1.165) is 31.6 Å². The van der Waals surface area contributed by atoms with E-state index in [1.165, 1.54) is 6.42 Å². The number of halogens is 1. The van der Waals surface area contributed by atoms with Crippen molar-refractivity contribution in [1.29, 1.82) is 0 Å². The highest BCUT2D eigenvalue weighted by atomic mass is 19.1. The predicted molar refractivity (Wildman–Crippen MR) is 81.5 cm³/mol. The first-order chi connectivity index (χ1) is 9.61. The predicted octanol–water partition coefficient (Wildman–Crippen LogP) is 1.59. The lowest BCUT2D eigenvalue weighted by Gasteiger charge is -2.34. The van der Waals surface area contributed by atoms with Gasteiger partial charge in [-0.3, -0.25) is 0 Å². The van der Waals surface area contributed by atoms with Gasteiger partial charge in [0.15, 0.2) is 0 Å². The molecule has 3 nitrogen and oxygen atoms in total. The molecule has 112 valence electrons. The van der Waals surface area contributed by atoms with Gasteiger partial charge in [-0.25, -0.2) is 4.39 Å². The highest BCUT2D eigenvalue weighted by Crippen LogP contribution is 2.16. The normalized spacial score (nSPS) is 23.5. The first-order valence-electron chi connectivity index (χ1n) is 7.41. The second-order valence-corrected chi connectivity index (χ2v) is 5.85. The van der Waals surface area contributed by atoms with E-state index in [2.05, 4.69) is 29.2 Å². The van der Waals surface area contributed by atoms with Crippen LogP contribution in [0.5, 0.6) is 0 Å². The van der Waals surface area contributed by atoms with E-state index < -0.39 is 0 Å². The smallest absolute Gasteiger partial charge is 0.126 e. The van der Waals surface area contributed by atoms with E-state index in [1.807, 2.05) is 19.2 Å². The molecule has 2 unspecified atom stereocenters. The summed E-state index contributed by atoms with van der Waals surface area (Å²) in [6, 6.07) is 7.77. The van der Waals surface area contributed by atoms with Crippen LogP contribution in [-0.4, -0.2) is 62.7 Å². The van der Waals surface area contributed by atoms with Crippen molar-refractivity contribution in [3.63, 3.8) is 0 Å². The lowest BCUT2D eigenvalue weighted by molar-refractivity contribution is 0.181. The Balaban J connectivity index is 2.12. The maximum atomic E-state index is 13.9. The first-order valence-corrected chi connectivity index (χ1v) is 7.41. The molecule has 1 aromatic carbocycles. The van der Waals surface area contributed by atoms with Crippen molar-refractivity contribution in [3.8, 4) is 0 Å². The van der Waals surface area contributed by atoms with Crippen LogP contribution in [-0.2, 0) is 6.42 Å². The topological polar surface area (TPSA) is 18.5 Å². The van der Waals surface area contributed by atoms with E-state index in [9.17, 15) is 4.39 Å². The minimum Gasteiger partial charge on any atom is -0.315 e. The van der Waals surface area contributed by atoms with Crippen molar-refractivity contribution in [3.05, 3.63) is 35.6 Å². The molecule has 1 aliphatic rings. The summed E-state index contributed by atoms with van der Waals surface area (Å²) >= 11 is 0. The van der Waals surface area contributed by atoms with E-state index in [0.29, 0.717) is 6.04 Å². The molecule has 0 spiro atoms. The van der Waals surface area contributed by atoms with Crippen LogP contribution in [0.15, 0.2) is 24.3 Å². The molecule has 1 heterocycles. The maximum absolute atomic E-state index is 13.9. The summed E-state index contributed by atoms with van der Waals surface area (Å²) in [4.78, 5) is 4.78. The number of nitrogens with zero attached hydrogens (tertiary/aromatic N) is 2. The van der Waals surface area contributed by atoms with Crippen molar-refractivity contribution in [2.24, 2.45) is 0 Å². The average molecular weight is 279 g/mol. The Hall–Kier alpha value is -0.970. The molecule has 0 saturated carbocycles. The van der Waals surface area contributed by atoms with Gasteiger partial charge in [-0.15, -0.1) is 0 Å². The number of hydrogen-bond acceptors (Lipinski definition) is 3. The van der Waals surface area contributed by atoms with Crippen LogP contribution in [0.3, 0.4) is 0 Å². The Morgan fingerprint density at radius 1 is 1.30 bits per heavy atom. The molecule has 0 bridgehead atoms. The van der Waals surface area contributed by atoms with Crippen LogP contribution in [0.4, 0.5) is 4.39 Å². The van der Waals surface area contributed by atoms with Crippen LogP contribution >= 0.6 is 0 Å². The van der Waals surface area contributed by atoms with Crippen molar-refractivity contribution in [2.75, 3.05) is 40.8 Å². The summed E-state index contributed by atoms with van der Waals surface area (Å²) in [5.74, 6) is -0.0996. The molecule has 0 aromatic heterocycles. The zero-order chi connectivity index (χ0) is 14.5. The van der Waals surface area contributed by atoms with Crippen molar-refractivity contribution < 1.29 is 4.39 Å². The van der Waals surface area contributed by atoms with Crippen molar-refractivity contribution >= 4 is 0 Å². The van der Waals surface area contributed by atoms with Crippen LogP contribution in [0.25, 0.3) is 0 Å². The fraction of sp³-hybridized carbons (Fsp3) is 0.625. The Morgan fingerprint density at radius 2 is 2.05 bits per heavy atom. The molecule has 0 amide bonds. The minimum atomic E-state index is -0.0996. The maximum Gasteiger partial charge on any atom is 0.126 e. The van der Waals surface area contributed by atoms with E-state index in [-0.39, 0.29) is 11.9 Å². The molecule has 2 rings (SSSR count). The van der Waals surface area contributed by atoms with Crippen molar-refractivity contribution in [1.82, 2.24) is 15.1 Å². The Morgan fingerprint density at radius 3 is 2.75 bits per heavy atom. The highest BCUT2D eigenvalue weighted by molar-refractivity contribution is 5.19. The Labute approximate surface area is 121 Å². The van der Waals surface area contributed by atoms with Crippen LogP contribution in [0.1, 0.15) is 12.0 Å². The molecule has 20 heavy (non-hydrogen) atoms. The van der Waals surface area contributed by atoms with Gasteiger partial charge in [-0.1, -0.05) is 18.2 Å². The SMILES string of the molecule is CNC(Cc1ccccc1F)C1CN(C)CCCN1C. The summed E-state index contributed by atoms with van der Waals surface area (Å²) in [6.07, 6.45) is 1.92. The standard InChI is InChI=1S/C16H26FN3/c1-18-15(11-13-7-4-5-8-14(13)17)16-12-19(2)9-6-10-20(16)3/h4-5,7-8,15-16,18H,6,9-12H2,1-3H3. The Bertz CT molecular complexity index is 424. The third kappa shape index (κ3) is 3.78. The van der Waals surface area contributed by atoms with Gasteiger partial charge in [0.25, 0.3) is 0 Å². The largest absolute Gasteiger partial charge is 0.315 e. The second-order valence-electron chi connectivity index (χ2n) is 5.85. The molecule has 1 aromatic rings. The molecule has 1 saturated heterocycles. The number of nitrogens with one attached hydrogen (secondary N) is 1. The van der Waals surface area contributed by atoms with E-state index in [1.54, 1.807) is 12.1 Å². The van der Waals surface area contributed by atoms with Gasteiger partial charge in [0.2, 0.25) is 0 Å². The Kier molecular flexibility index (Phi) is 5.52. The zero-order valence-electron chi connectivity index (χ0n) is 12.8. The highest BCUT2D eigenvalue weighted by Gasteiger charge is 2.28. The summed E-state index contributed by atoms with van der Waals surface area (Å²) in [6.45, 7) is 3.26. The van der Waals surface area contributed by atoms with Crippen LogP contribution in [0, 0.1) is 5.82 Å². The third-order valence-electron chi connectivity index (χ3n) is 4.35. The zero-order valence-corrected chi connectivity index (χ0v) is 12.8. The van der Waals surface area contributed by atoms with Crippen LogP contribution in [0.2, 0.25) is 0 Å². The molecule has 1 N–H and O–H groups in total. The number of hydrogen-bond donors (Lipinski definition) is 1. The quantitative estimate of drug-likeness (QED) is 0.903. The fourth-order valence-corrected chi connectivity index (χ4v) is 3.07. The molecule has 1 fully saturated rings. The molecule has 0 aliphatic carbocycles. The van der Waals surface area contributed by atoms with Gasteiger partial charge in [0.05, 0.1) is 0 Å². The molecular formula is C16H26FN3. The molecular weight excluding hydrogens is 253 g/mol. The lowest BCUT2D eigenvalue weighted by Crippen LogP contribution is -2.52. The summed E-state index contributed by atoms with van der Waals surface area (Å²) in [5.41, 5.74) is 0.798. The fourth-order valence-electron chi connectivity index (χ4n) is 3.07. The molecule has 2 atom stereocenters. The van der Waals surface area contributed by atoms with E-state index >= 15 is 0 Å². The van der Waals surface area contributed by atoms with Crippen LogP contribution < -0.4 is 5.32 Å². The van der Waals surface area contributed by atoms with Gasteiger partial charge in [0, 0.05) is 18.6 Å². The molecule has 1 aliphatic heterocycles. The number of benzene rings is 1. The summed E-state index contributed by atoms with van der Waals surface area (Å²) < 4.78 is 13.9. The second kappa shape index (κ2) is 7.16. The minimum absolute atomic E-state index is 0.0996. The number of likely N-dealkylation sites (N-methyl/N-ethyl adjacent to an activating group) is 3. The van der Waals surface area contributed by atoms with Gasteiger partial charge >= 0.3 is 0 Å². The summed E-state index contributed by atoms with van der Waals surface area (Å²) in [7, 11) is 6.32. The molecule has 0 radical (unpaired) electrons. The van der Waals surface area contributed by atoms with Gasteiger partial charge in [0.1, 0.15) is 5.82 Å². The van der Waals surface area contributed by atoms with Gasteiger partial charge in [-0.2, -0.15) is 0 Å². The monoisotopic (exact) mass is 279 g/mol. The van der Waals surface area contributed by atoms with Gasteiger partial charge < -0.3 is 15.1 Å². The molecule has 4 heteroatoms. The first kappa shape index (κ1) is 15.4. The number of rotatable bonds is 4.